The summed E-state index contributed by atoms with van der Waals surface area (Å²) >= 11 is 10.7. The minimum Gasteiger partial charge on any atom is -0.393 e. The van der Waals surface area contributed by atoms with Crippen LogP contribution in [-0.2, 0) is 4.79 Å². The first-order chi connectivity index (χ1) is 9.38. The average Bonchev–Trinajstić information content (AvgIpc) is 2.36. The maximum atomic E-state index is 12.0. The van der Waals surface area contributed by atoms with Gasteiger partial charge in [0.1, 0.15) is 0 Å². The number of carbonyl (C=O) groups is 1. The van der Waals surface area contributed by atoms with Gasteiger partial charge in [0.15, 0.2) is 0 Å². The average molecular weight is 314 g/mol. The van der Waals surface area contributed by atoms with Crippen LogP contribution in [0.15, 0.2) is 24.3 Å². The van der Waals surface area contributed by atoms with Crippen LogP contribution >= 0.6 is 23.8 Å². The predicted octanol–water partition coefficient (Wildman–Crippen LogP) is 2.67. The van der Waals surface area contributed by atoms with Crippen LogP contribution < -0.4 is 11.1 Å². The Kier molecular flexibility index (Phi) is 6.91. The summed E-state index contributed by atoms with van der Waals surface area (Å²) in [5, 5.41) is 3.48. The summed E-state index contributed by atoms with van der Waals surface area (Å²) < 4.78 is 0. The Hall–Kier alpha value is -1.17. The summed E-state index contributed by atoms with van der Waals surface area (Å²) in [7, 11) is 0. The molecule has 0 saturated heterocycles. The van der Waals surface area contributed by atoms with E-state index in [9.17, 15) is 4.79 Å². The first-order valence-corrected chi connectivity index (χ1v) is 7.25. The largest absolute Gasteiger partial charge is 0.393 e. The number of hydrogen-bond donors (Lipinski definition) is 2. The molecule has 0 unspecified atom stereocenters. The third-order valence-electron chi connectivity index (χ3n) is 2.85. The molecule has 0 aromatic heterocycles. The van der Waals surface area contributed by atoms with E-state index in [-0.39, 0.29) is 11.9 Å². The first-order valence-electron chi connectivity index (χ1n) is 6.46. The number of thiocarbonyl (C=S) groups is 1. The fourth-order valence-corrected chi connectivity index (χ4v) is 1.91. The van der Waals surface area contributed by atoms with Crippen LogP contribution in [0.2, 0.25) is 5.02 Å². The van der Waals surface area contributed by atoms with Crippen LogP contribution in [0.5, 0.6) is 0 Å². The van der Waals surface area contributed by atoms with Crippen molar-refractivity contribution in [2.24, 2.45) is 5.73 Å². The van der Waals surface area contributed by atoms with E-state index in [1.54, 1.807) is 24.3 Å². The topological polar surface area (TPSA) is 58.4 Å². The van der Waals surface area contributed by atoms with Crippen molar-refractivity contribution in [1.29, 1.82) is 0 Å². The van der Waals surface area contributed by atoms with Crippen LogP contribution in [-0.4, -0.2) is 34.9 Å². The molecule has 1 aromatic carbocycles. The molecule has 1 amide bonds. The van der Waals surface area contributed by atoms with Crippen LogP contribution in [0.3, 0.4) is 0 Å². The van der Waals surface area contributed by atoms with E-state index < -0.39 is 0 Å². The summed E-state index contributed by atoms with van der Waals surface area (Å²) in [4.78, 5) is 14.5. The summed E-state index contributed by atoms with van der Waals surface area (Å²) in [6, 6.07) is 7.28. The zero-order chi connectivity index (χ0) is 15.1. The van der Waals surface area contributed by atoms with Gasteiger partial charge in [-0.3, -0.25) is 9.69 Å². The van der Waals surface area contributed by atoms with Crippen LogP contribution in [0, 0.1) is 0 Å². The smallest absolute Gasteiger partial charge is 0.238 e. The maximum Gasteiger partial charge on any atom is 0.238 e. The second kappa shape index (κ2) is 8.19. The van der Waals surface area contributed by atoms with E-state index in [0.717, 1.165) is 5.69 Å². The van der Waals surface area contributed by atoms with Crippen LogP contribution in [0.1, 0.15) is 20.3 Å². The SMILES string of the molecule is CC(C)N(CCC(N)=S)CC(=O)Nc1ccc(Cl)cc1. The summed E-state index contributed by atoms with van der Waals surface area (Å²) in [5.41, 5.74) is 6.23. The predicted molar refractivity (Wildman–Crippen MR) is 88.2 cm³/mol. The molecule has 6 heteroatoms. The van der Waals surface area contributed by atoms with Gasteiger partial charge in [-0.25, -0.2) is 0 Å². The molecule has 0 fully saturated rings. The highest BCUT2D eigenvalue weighted by molar-refractivity contribution is 7.80. The molecule has 20 heavy (non-hydrogen) atoms. The van der Waals surface area contributed by atoms with Crippen molar-refractivity contribution in [2.45, 2.75) is 26.3 Å². The van der Waals surface area contributed by atoms with Gasteiger partial charge in [0.25, 0.3) is 0 Å². The molecule has 0 aliphatic carbocycles. The quantitative estimate of drug-likeness (QED) is 0.760. The number of carbonyl (C=O) groups excluding carboxylic acids is 1. The lowest BCUT2D eigenvalue weighted by Gasteiger charge is -2.25. The number of hydrogen-bond acceptors (Lipinski definition) is 3. The third-order valence-corrected chi connectivity index (χ3v) is 3.31. The van der Waals surface area contributed by atoms with Gasteiger partial charge in [0.2, 0.25) is 5.91 Å². The lowest BCUT2D eigenvalue weighted by Crippen LogP contribution is -2.39. The number of halogens is 1. The molecule has 0 bridgehead atoms. The Bertz CT molecular complexity index is 462. The van der Waals surface area contributed by atoms with Crippen molar-refractivity contribution in [1.82, 2.24) is 4.90 Å². The standard InChI is InChI=1S/C14H20ClN3OS/c1-10(2)18(8-7-13(16)20)9-14(19)17-12-5-3-11(15)4-6-12/h3-6,10H,7-9H2,1-2H3,(H2,16,20)(H,17,19). The minimum atomic E-state index is -0.0658. The lowest BCUT2D eigenvalue weighted by molar-refractivity contribution is -0.117. The summed E-state index contributed by atoms with van der Waals surface area (Å²) in [5.74, 6) is -0.0658. The van der Waals surface area contributed by atoms with Crippen molar-refractivity contribution in [2.75, 3.05) is 18.4 Å². The molecule has 0 saturated carbocycles. The van der Waals surface area contributed by atoms with Gasteiger partial charge in [-0.15, -0.1) is 0 Å². The molecule has 1 rings (SSSR count). The zero-order valence-corrected chi connectivity index (χ0v) is 13.3. The number of rotatable bonds is 7. The van der Waals surface area contributed by atoms with Crippen LogP contribution in [0.25, 0.3) is 0 Å². The van der Waals surface area contributed by atoms with Crippen molar-refractivity contribution in [3.63, 3.8) is 0 Å². The normalized spacial score (nSPS) is 10.8. The Labute approximate surface area is 130 Å². The summed E-state index contributed by atoms with van der Waals surface area (Å²) in [6.45, 7) is 5.06. The zero-order valence-electron chi connectivity index (χ0n) is 11.7. The van der Waals surface area contributed by atoms with Gasteiger partial charge in [-0.1, -0.05) is 23.8 Å². The minimum absolute atomic E-state index is 0.0658. The van der Waals surface area contributed by atoms with Gasteiger partial charge < -0.3 is 11.1 Å². The van der Waals surface area contributed by atoms with Gasteiger partial charge >= 0.3 is 0 Å². The fourth-order valence-electron chi connectivity index (χ4n) is 1.69. The second-order valence-corrected chi connectivity index (χ2v) is 5.80. The van der Waals surface area contributed by atoms with E-state index in [2.05, 4.69) is 5.32 Å². The number of nitrogens with two attached hydrogens (primary N) is 1. The fraction of sp³-hybridized carbons (Fsp3) is 0.429. The number of amides is 1. The molecule has 3 N–H and O–H groups in total. The van der Waals surface area contributed by atoms with Gasteiger partial charge in [-0.2, -0.15) is 0 Å². The molecular weight excluding hydrogens is 294 g/mol. The maximum absolute atomic E-state index is 12.0. The van der Waals surface area contributed by atoms with Crippen molar-refractivity contribution < 1.29 is 4.79 Å². The van der Waals surface area contributed by atoms with E-state index in [0.29, 0.717) is 29.5 Å². The Morgan fingerprint density at radius 2 is 2.00 bits per heavy atom. The highest BCUT2D eigenvalue weighted by Gasteiger charge is 2.14. The third kappa shape index (κ3) is 6.32. The number of anilines is 1. The molecule has 0 aliphatic rings. The number of nitrogens with one attached hydrogen (secondary N) is 1. The van der Waals surface area contributed by atoms with Gasteiger partial charge in [0, 0.05) is 29.7 Å². The molecule has 1 aromatic rings. The Balaban J connectivity index is 2.53. The molecule has 110 valence electrons. The summed E-state index contributed by atoms with van der Waals surface area (Å²) in [6.07, 6.45) is 0.613. The molecule has 0 radical (unpaired) electrons. The Morgan fingerprint density at radius 1 is 1.40 bits per heavy atom. The second-order valence-electron chi connectivity index (χ2n) is 4.84. The molecular formula is C14H20ClN3OS. The molecule has 0 aliphatic heterocycles. The van der Waals surface area contributed by atoms with Crippen molar-refractivity contribution >= 4 is 40.4 Å². The van der Waals surface area contributed by atoms with E-state index in [1.165, 1.54) is 0 Å². The van der Waals surface area contributed by atoms with Crippen molar-refractivity contribution in [3.8, 4) is 0 Å². The van der Waals surface area contributed by atoms with Gasteiger partial charge in [0.05, 0.1) is 11.5 Å². The van der Waals surface area contributed by atoms with E-state index in [1.807, 2.05) is 18.7 Å². The highest BCUT2D eigenvalue weighted by atomic mass is 35.5. The molecule has 0 spiro atoms. The lowest BCUT2D eigenvalue weighted by atomic mass is 10.2. The highest BCUT2D eigenvalue weighted by Crippen LogP contribution is 2.13. The monoisotopic (exact) mass is 313 g/mol. The number of benzene rings is 1. The molecule has 0 heterocycles. The molecule has 4 nitrogen and oxygen atoms in total. The van der Waals surface area contributed by atoms with Crippen LogP contribution in [0.4, 0.5) is 5.69 Å². The van der Waals surface area contributed by atoms with E-state index >= 15 is 0 Å². The molecule has 0 atom stereocenters. The van der Waals surface area contributed by atoms with E-state index in [4.69, 9.17) is 29.6 Å². The van der Waals surface area contributed by atoms with Crippen molar-refractivity contribution in [3.05, 3.63) is 29.3 Å². The van der Waals surface area contributed by atoms with Gasteiger partial charge in [-0.05, 0) is 38.1 Å². The first kappa shape index (κ1) is 16.9. The Morgan fingerprint density at radius 3 is 2.50 bits per heavy atom. The number of nitrogens with zero attached hydrogens (tertiary/aromatic N) is 1.